The quantitative estimate of drug-likeness (QED) is 0.282. The van der Waals surface area contributed by atoms with E-state index >= 15 is 0 Å². The second-order valence-electron chi connectivity index (χ2n) is 5.92. The first kappa shape index (κ1) is 33.0. The van der Waals surface area contributed by atoms with Gasteiger partial charge in [-0.05, 0) is 0 Å². The van der Waals surface area contributed by atoms with Crippen LogP contribution in [0.4, 0.5) is 65.9 Å². The fourth-order valence-electron chi connectivity index (χ4n) is 1.90. The van der Waals surface area contributed by atoms with E-state index in [0.29, 0.717) is 0 Å². The van der Waals surface area contributed by atoms with Crippen LogP contribution < -0.4 is 6.15 Å². The highest BCUT2D eigenvalue weighted by Crippen LogP contribution is 2.46. The molecule has 0 rings (SSSR count). The van der Waals surface area contributed by atoms with Gasteiger partial charge >= 0.3 is 22.0 Å². The van der Waals surface area contributed by atoms with Crippen molar-refractivity contribution < 1.29 is 78.8 Å². The third kappa shape index (κ3) is 6.67. The first-order chi connectivity index (χ1) is 13.6. The molecule has 0 aromatic rings. The number of hydrogen-bond acceptors (Lipinski definition) is 3. The Morgan fingerprint density at radius 2 is 0.812 bits per heavy atom. The molecule has 0 heterocycles. The van der Waals surface area contributed by atoms with Crippen LogP contribution in [0.3, 0.4) is 0 Å². The van der Waals surface area contributed by atoms with Crippen LogP contribution in [0.25, 0.3) is 0 Å². The van der Waals surface area contributed by atoms with Crippen molar-refractivity contribution in [3.63, 3.8) is 0 Å². The fourth-order valence-corrected chi connectivity index (χ4v) is 2.43. The highest BCUT2D eigenvalue weighted by molar-refractivity contribution is 7.86. The lowest BCUT2D eigenvalue weighted by Crippen LogP contribution is -2.60. The summed E-state index contributed by atoms with van der Waals surface area (Å²) < 4.78 is 223. The molecule has 0 radical (unpaired) electrons. The molecule has 0 aliphatic carbocycles. The number of alkyl halides is 15. The van der Waals surface area contributed by atoms with E-state index in [1.54, 1.807) is 0 Å². The molecular formula is C12H14F15NO3S. The minimum atomic E-state index is -6.87. The topological polar surface area (TPSA) is 89.4 Å². The first-order valence-corrected chi connectivity index (χ1v) is 8.91. The van der Waals surface area contributed by atoms with Crippen LogP contribution in [0.2, 0.25) is 0 Å². The van der Waals surface area contributed by atoms with Gasteiger partial charge in [-0.15, -0.1) is 0 Å². The largest absolute Gasteiger partial charge is 0.360 e. The number of halogens is 15. The normalized spacial score (nSPS) is 22.2. The monoisotopic (exact) mass is 537 g/mol. The minimum Gasteiger partial charge on any atom is -0.344 e. The average Bonchev–Trinajstić information content (AvgIpc) is 2.67. The summed E-state index contributed by atoms with van der Waals surface area (Å²) in [6.45, 7) is 0. The molecule has 9 atom stereocenters. The van der Waals surface area contributed by atoms with Crippen molar-refractivity contribution in [3.05, 3.63) is 0 Å². The maximum atomic E-state index is 13.4. The Bertz CT molecular complexity index is 683. The van der Waals surface area contributed by atoms with Gasteiger partial charge in [0.05, 0.1) is 0 Å². The Morgan fingerprint density at radius 1 is 0.531 bits per heavy atom. The van der Waals surface area contributed by atoms with Gasteiger partial charge in [0, 0.05) is 0 Å². The summed E-state index contributed by atoms with van der Waals surface area (Å²) >= 11 is 0. The van der Waals surface area contributed by atoms with Gasteiger partial charge in [0.15, 0.2) is 43.2 Å². The van der Waals surface area contributed by atoms with Crippen LogP contribution in [-0.4, -0.2) is 86.1 Å². The molecule has 196 valence electrons. The Kier molecular flexibility index (Phi) is 11.7. The van der Waals surface area contributed by atoms with E-state index in [1.807, 2.05) is 0 Å². The van der Waals surface area contributed by atoms with E-state index in [-0.39, 0.29) is 6.15 Å². The van der Waals surface area contributed by atoms with Crippen molar-refractivity contribution in [2.24, 2.45) is 0 Å². The zero-order valence-corrected chi connectivity index (χ0v) is 15.6. The molecule has 4 nitrogen and oxygen atoms in total. The highest BCUT2D eigenvalue weighted by Gasteiger charge is 2.72. The average molecular weight is 537 g/mol. The summed E-state index contributed by atoms with van der Waals surface area (Å²) in [6.07, 6.45) is -41.1. The smallest absolute Gasteiger partial charge is 0.344 e. The predicted octanol–water partition coefficient (Wildman–Crippen LogP) is 4.57. The van der Waals surface area contributed by atoms with Crippen LogP contribution in [0.1, 0.15) is 0 Å². The molecule has 0 amide bonds. The summed E-state index contributed by atoms with van der Waals surface area (Å²) in [5, 5.41) is 0. The van der Waals surface area contributed by atoms with Crippen molar-refractivity contribution in [2.45, 2.75) is 73.1 Å². The third-order valence-electron chi connectivity index (χ3n) is 3.68. The molecule has 0 saturated heterocycles. The Balaban J connectivity index is 0. The zero-order chi connectivity index (χ0) is 25.3. The molecule has 0 aliphatic heterocycles. The molecule has 0 spiro atoms. The minimum absolute atomic E-state index is 0. The molecule has 32 heavy (non-hydrogen) atoms. The van der Waals surface area contributed by atoms with Crippen LogP contribution in [-0.2, 0) is 10.1 Å². The van der Waals surface area contributed by atoms with Gasteiger partial charge in [-0.1, -0.05) is 0 Å². The van der Waals surface area contributed by atoms with Crippen LogP contribution in [0, 0.1) is 0 Å². The lowest BCUT2D eigenvalue weighted by Gasteiger charge is -2.33. The van der Waals surface area contributed by atoms with E-state index in [9.17, 15) is 74.3 Å². The maximum Gasteiger partial charge on any atom is 0.360 e. The Morgan fingerprint density at radius 3 is 1.09 bits per heavy atom. The van der Waals surface area contributed by atoms with E-state index in [2.05, 4.69) is 0 Å². The fraction of sp³-hybridized carbons (Fsp3) is 1.00. The molecule has 0 aliphatic rings. The van der Waals surface area contributed by atoms with Crippen molar-refractivity contribution in [1.82, 2.24) is 6.15 Å². The summed E-state index contributed by atoms with van der Waals surface area (Å²) in [7, 11) is -6.69. The van der Waals surface area contributed by atoms with Crippen molar-refractivity contribution in [2.75, 3.05) is 0 Å². The molecule has 20 heteroatoms. The van der Waals surface area contributed by atoms with Crippen molar-refractivity contribution in [3.8, 4) is 0 Å². The maximum absolute atomic E-state index is 13.4. The summed E-state index contributed by atoms with van der Waals surface area (Å²) in [4.78, 5) is 0. The van der Waals surface area contributed by atoms with Gasteiger partial charge in [-0.3, -0.25) is 4.55 Å². The van der Waals surface area contributed by atoms with Crippen LogP contribution >= 0.6 is 0 Å². The third-order valence-corrected chi connectivity index (χ3v) is 4.50. The first-order valence-electron chi connectivity index (χ1n) is 7.40. The highest BCUT2D eigenvalue weighted by atomic mass is 32.2. The van der Waals surface area contributed by atoms with Gasteiger partial charge < -0.3 is 6.15 Å². The van der Waals surface area contributed by atoms with Gasteiger partial charge in [-0.2, -0.15) is 26.0 Å². The standard InChI is InChI=1S/C12H11F15O3S.H3N/c13-1(3(15)5(17)7(19)9(21)22)2(14)4(16)6(18)8(20)11(24,25)12(26,27)10(23)31(28,29)30;/h1-10H,(H,28,29,30);1H3. The van der Waals surface area contributed by atoms with E-state index in [1.165, 1.54) is 0 Å². The van der Waals surface area contributed by atoms with E-state index < -0.39 is 83.3 Å². The second-order valence-corrected chi connectivity index (χ2v) is 7.37. The molecular weight excluding hydrogens is 523 g/mol. The zero-order valence-electron chi connectivity index (χ0n) is 14.8. The molecule has 0 bridgehead atoms. The van der Waals surface area contributed by atoms with E-state index in [0.717, 1.165) is 0 Å². The van der Waals surface area contributed by atoms with Crippen LogP contribution in [0.5, 0.6) is 0 Å². The SMILES string of the molecule is N.O=S(=O)(O)C(F)C(F)(F)C(F)(F)C(F)C(F)C(F)C(F)C(F)C(F)C(F)C(F)C(F)F. The van der Waals surface area contributed by atoms with Gasteiger partial charge in [0.25, 0.3) is 11.9 Å². The van der Waals surface area contributed by atoms with Gasteiger partial charge in [0.2, 0.25) is 6.17 Å². The lowest BCUT2D eigenvalue weighted by atomic mass is 9.94. The molecule has 0 aromatic carbocycles. The van der Waals surface area contributed by atoms with Gasteiger partial charge in [-0.25, -0.2) is 48.3 Å². The summed E-state index contributed by atoms with van der Waals surface area (Å²) in [5.41, 5.74) is -5.31. The molecule has 9 unspecified atom stereocenters. The predicted molar refractivity (Wildman–Crippen MR) is 76.5 cm³/mol. The Labute approximate surface area is 169 Å². The molecule has 4 N–H and O–H groups in total. The second kappa shape index (κ2) is 11.3. The lowest BCUT2D eigenvalue weighted by molar-refractivity contribution is -0.264. The summed E-state index contributed by atoms with van der Waals surface area (Å²) in [6, 6.07) is 0. The molecule has 0 fully saturated rings. The number of hydrogen-bond donors (Lipinski definition) is 2. The summed E-state index contributed by atoms with van der Waals surface area (Å²) in [5.74, 6) is -13.7. The molecule has 0 saturated carbocycles. The van der Waals surface area contributed by atoms with Gasteiger partial charge in [0.1, 0.15) is 0 Å². The Hall–Kier alpha value is -1.18. The number of rotatable bonds is 12. The van der Waals surface area contributed by atoms with Crippen molar-refractivity contribution >= 4 is 10.1 Å². The van der Waals surface area contributed by atoms with Crippen molar-refractivity contribution in [1.29, 1.82) is 0 Å². The molecule has 0 aromatic heterocycles. The van der Waals surface area contributed by atoms with E-state index in [4.69, 9.17) is 4.55 Å². The van der Waals surface area contributed by atoms with Crippen LogP contribution in [0.15, 0.2) is 0 Å².